The van der Waals surface area contributed by atoms with Gasteiger partial charge in [-0.25, -0.2) is 0 Å². The molecule has 9 heteroatoms. The van der Waals surface area contributed by atoms with Gasteiger partial charge in [-0.2, -0.15) is 0 Å². The Bertz CT molecular complexity index is 415. The second-order valence-corrected chi connectivity index (χ2v) is 3.52. The fraction of sp³-hybridized carbons (Fsp3) is 0. The zero-order valence-electron chi connectivity index (χ0n) is 6.99. The Morgan fingerprint density at radius 1 is 1.07 bits per heavy atom. The van der Waals surface area contributed by atoms with Crippen LogP contribution in [0.3, 0.4) is 0 Å². The molecule has 0 amide bonds. The van der Waals surface area contributed by atoms with Gasteiger partial charge in [0.2, 0.25) is 0 Å². The van der Waals surface area contributed by atoms with Crippen molar-refractivity contribution in [3.05, 3.63) is 16.1 Å². The molecule has 0 bridgehead atoms. The largest absolute Gasteiger partial charge is 0.504 e. The highest BCUT2D eigenvalue weighted by Gasteiger charge is 2.15. The average Bonchev–Trinajstić information content (AvgIpc) is 2.20. The maximum Gasteiger partial charge on any atom is 0.161 e. The van der Waals surface area contributed by atoms with Gasteiger partial charge in [-0.05, 0) is 6.07 Å². The minimum atomic E-state index is -0.240. The predicted molar refractivity (Wildman–Crippen MR) is 65.0 cm³/mol. The molecule has 0 radical (unpaired) electrons. The summed E-state index contributed by atoms with van der Waals surface area (Å²) >= 11 is 20.3. The van der Waals surface area contributed by atoms with Crippen molar-refractivity contribution in [3.8, 4) is 5.75 Å². The van der Waals surface area contributed by atoms with Gasteiger partial charge in [-0.1, -0.05) is 23.2 Å². The highest BCUT2D eigenvalue weighted by atomic mass is 35.5. The van der Waals surface area contributed by atoms with Crippen LogP contribution in [0, 0.1) is 0 Å². The molecular formula is C6H4Cl2N4OS2. The number of hydrogen-bond donors (Lipinski definition) is 3. The molecule has 0 fully saturated rings. The van der Waals surface area contributed by atoms with Crippen molar-refractivity contribution in [1.82, 2.24) is 0 Å². The van der Waals surface area contributed by atoms with E-state index in [1.54, 1.807) is 0 Å². The molecule has 80 valence electrons. The lowest BCUT2D eigenvalue weighted by Crippen LogP contribution is -1.96. The van der Waals surface area contributed by atoms with Crippen LogP contribution in [0.15, 0.2) is 15.0 Å². The van der Waals surface area contributed by atoms with Crippen molar-refractivity contribution in [2.24, 2.45) is 8.94 Å². The quantitative estimate of drug-likeness (QED) is 0.585. The molecule has 0 saturated carbocycles. The standard InChI is InChI=1S/C6H4Cl2N4OS2/c7-2-1-3(8)6(13)5(10-12-15)4(2)9-11-14/h1,13H,(H,9,14)(H,10,15). The van der Waals surface area contributed by atoms with E-state index >= 15 is 0 Å². The number of benzene rings is 1. The van der Waals surface area contributed by atoms with Crippen LogP contribution in [0.4, 0.5) is 11.4 Å². The van der Waals surface area contributed by atoms with Gasteiger partial charge in [-0.3, -0.25) is 10.9 Å². The molecule has 0 aliphatic heterocycles. The molecule has 0 unspecified atom stereocenters. The van der Waals surface area contributed by atoms with E-state index in [9.17, 15) is 5.11 Å². The summed E-state index contributed by atoms with van der Waals surface area (Å²) in [4.78, 5) is 0. The van der Waals surface area contributed by atoms with Crippen LogP contribution in [0.25, 0.3) is 0 Å². The van der Waals surface area contributed by atoms with Gasteiger partial charge in [0.25, 0.3) is 0 Å². The first-order chi connectivity index (χ1) is 7.11. The van der Waals surface area contributed by atoms with E-state index in [1.807, 2.05) is 0 Å². The summed E-state index contributed by atoms with van der Waals surface area (Å²) in [6.07, 6.45) is 0. The molecule has 0 aromatic heterocycles. The van der Waals surface area contributed by atoms with Crippen molar-refractivity contribution < 1.29 is 5.11 Å². The van der Waals surface area contributed by atoms with Gasteiger partial charge in [-0.15, -0.1) is 8.94 Å². The lowest BCUT2D eigenvalue weighted by molar-refractivity contribution is 0.478. The Morgan fingerprint density at radius 2 is 1.60 bits per heavy atom. The third-order valence-electron chi connectivity index (χ3n) is 1.52. The van der Waals surface area contributed by atoms with Crippen LogP contribution in [0.1, 0.15) is 0 Å². The van der Waals surface area contributed by atoms with Crippen LogP contribution < -0.4 is 10.9 Å². The SMILES string of the molecule is Oc1c(Cl)cc(Cl)c(NN=S)c1NN=S. The first kappa shape index (κ1) is 12.3. The summed E-state index contributed by atoms with van der Waals surface area (Å²) in [6, 6.07) is 1.34. The molecule has 0 aliphatic rings. The van der Waals surface area contributed by atoms with Gasteiger partial charge in [0.15, 0.2) is 5.75 Å². The zero-order chi connectivity index (χ0) is 11.4. The number of phenolic OH excluding ortho intramolecular Hbond substituents is 1. The zero-order valence-corrected chi connectivity index (χ0v) is 10.1. The number of nitrogens with one attached hydrogen (secondary N) is 2. The average molecular weight is 283 g/mol. The van der Waals surface area contributed by atoms with E-state index in [2.05, 4.69) is 44.6 Å². The van der Waals surface area contributed by atoms with Crippen molar-refractivity contribution in [3.63, 3.8) is 0 Å². The smallest absolute Gasteiger partial charge is 0.161 e. The molecule has 1 aromatic carbocycles. The number of aromatic hydroxyl groups is 1. The molecule has 1 rings (SSSR count). The molecule has 0 spiro atoms. The van der Waals surface area contributed by atoms with Crippen molar-refractivity contribution >= 4 is 59.4 Å². The minimum absolute atomic E-state index is 0.0658. The van der Waals surface area contributed by atoms with Crippen LogP contribution >= 0.6 is 23.2 Å². The van der Waals surface area contributed by atoms with E-state index in [0.717, 1.165) is 0 Å². The maximum atomic E-state index is 9.59. The number of phenols is 1. The van der Waals surface area contributed by atoms with E-state index in [0.29, 0.717) is 0 Å². The summed E-state index contributed by atoms with van der Waals surface area (Å²) < 4.78 is 6.49. The number of hydrogen-bond acceptors (Lipinski definition) is 5. The first-order valence-corrected chi connectivity index (χ1v) is 4.98. The van der Waals surface area contributed by atoms with Crippen molar-refractivity contribution in [2.75, 3.05) is 10.9 Å². The van der Waals surface area contributed by atoms with Gasteiger partial charge in [0.1, 0.15) is 11.4 Å². The van der Waals surface area contributed by atoms with Gasteiger partial charge in [0.05, 0.1) is 34.9 Å². The molecule has 0 heterocycles. The van der Waals surface area contributed by atoms with E-state index in [4.69, 9.17) is 23.2 Å². The highest BCUT2D eigenvalue weighted by Crippen LogP contribution is 2.43. The van der Waals surface area contributed by atoms with Gasteiger partial charge in [0, 0.05) is 0 Å². The number of halogens is 2. The second-order valence-electron chi connectivity index (χ2n) is 2.35. The molecule has 15 heavy (non-hydrogen) atoms. The van der Waals surface area contributed by atoms with Crippen molar-refractivity contribution in [2.45, 2.75) is 0 Å². The normalized spacial score (nSPS) is 9.47. The number of rotatable bonds is 4. The second kappa shape index (κ2) is 5.36. The highest BCUT2D eigenvalue weighted by molar-refractivity contribution is 7.47. The number of anilines is 2. The topological polar surface area (TPSA) is 69.0 Å². The van der Waals surface area contributed by atoms with Gasteiger partial charge >= 0.3 is 0 Å². The minimum Gasteiger partial charge on any atom is -0.504 e. The monoisotopic (exact) mass is 282 g/mol. The third-order valence-corrected chi connectivity index (χ3v) is 2.29. The summed E-state index contributed by atoms with van der Waals surface area (Å²) in [5, 5.41) is 9.88. The molecular weight excluding hydrogens is 279 g/mol. The summed E-state index contributed by atoms with van der Waals surface area (Å²) in [5.41, 5.74) is 5.15. The maximum absolute atomic E-state index is 9.59. The first-order valence-electron chi connectivity index (χ1n) is 3.49. The van der Waals surface area contributed by atoms with E-state index in [-0.39, 0.29) is 27.2 Å². The Labute approximate surface area is 106 Å². The van der Waals surface area contributed by atoms with Crippen LogP contribution in [0.2, 0.25) is 10.0 Å². The van der Waals surface area contributed by atoms with Crippen LogP contribution in [-0.2, 0) is 24.9 Å². The summed E-state index contributed by atoms with van der Waals surface area (Å²) in [7, 11) is 0. The molecule has 0 saturated heterocycles. The molecule has 0 atom stereocenters. The Hall–Kier alpha value is -0.760. The van der Waals surface area contributed by atoms with Crippen LogP contribution in [0.5, 0.6) is 5.75 Å². The molecule has 1 aromatic rings. The Kier molecular flexibility index (Phi) is 4.40. The lowest BCUT2D eigenvalue weighted by atomic mass is 10.2. The van der Waals surface area contributed by atoms with E-state index < -0.39 is 0 Å². The third kappa shape index (κ3) is 2.63. The van der Waals surface area contributed by atoms with Crippen LogP contribution in [-0.4, -0.2) is 5.11 Å². The summed E-state index contributed by atoms with van der Waals surface area (Å²) in [6.45, 7) is 0. The fourth-order valence-electron chi connectivity index (χ4n) is 0.918. The molecule has 0 aliphatic carbocycles. The predicted octanol–water partition coefficient (Wildman–Crippen LogP) is 2.81. The Morgan fingerprint density at radius 3 is 2.13 bits per heavy atom. The Balaban J connectivity index is 3.38. The van der Waals surface area contributed by atoms with Gasteiger partial charge < -0.3 is 5.11 Å². The molecule has 3 N–H and O–H groups in total. The number of nitrogens with zero attached hydrogens (tertiary/aromatic N) is 2. The fourth-order valence-corrected chi connectivity index (χ4v) is 1.61. The lowest BCUT2D eigenvalue weighted by Gasteiger charge is -2.11. The summed E-state index contributed by atoms with van der Waals surface area (Å²) in [5.74, 6) is -0.240. The van der Waals surface area contributed by atoms with Crippen molar-refractivity contribution in [1.29, 1.82) is 0 Å². The van der Waals surface area contributed by atoms with E-state index in [1.165, 1.54) is 6.07 Å². The molecule has 5 nitrogen and oxygen atoms in total.